The van der Waals surface area contributed by atoms with Crippen LogP contribution >= 0.6 is 0 Å². The Kier molecular flexibility index (Phi) is 18.6. The van der Waals surface area contributed by atoms with E-state index in [0.29, 0.717) is 38.5 Å². The van der Waals surface area contributed by atoms with E-state index >= 15 is 0 Å². The molecule has 0 aromatic rings. The van der Waals surface area contributed by atoms with Gasteiger partial charge in [-0.2, -0.15) is 0 Å². The van der Waals surface area contributed by atoms with Gasteiger partial charge in [-0.05, 0) is 107 Å². The summed E-state index contributed by atoms with van der Waals surface area (Å²) in [6.07, 6.45) is -26.6. The Morgan fingerprint density at radius 1 is 0.680 bits per heavy atom. The zero-order valence-electron chi connectivity index (χ0n) is 43.3. The molecule has 4 heterocycles. The second-order valence-corrected chi connectivity index (χ2v) is 23.3. The maximum absolute atomic E-state index is 13.6. The van der Waals surface area contributed by atoms with Crippen LogP contribution in [0.4, 0.5) is 0 Å². The van der Waals surface area contributed by atoms with Crippen molar-refractivity contribution < 1.29 is 119 Å². The van der Waals surface area contributed by atoms with Crippen molar-refractivity contribution in [2.24, 2.45) is 40.4 Å². The van der Waals surface area contributed by atoms with Crippen molar-refractivity contribution in [1.29, 1.82) is 0 Å². The number of aliphatic hydroxyl groups is 13. The topological polar surface area (TPSA) is 380 Å². The minimum absolute atomic E-state index is 0.00784. The summed E-state index contributed by atoms with van der Waals surface area (Å²) in [6, 6.07) is 0. The third-order valence-electron chi connectivity index (χ3n) is 18.4. The predicted octanol–water partition coefficient (Wildman–Crippen LogP) is -3.23. The van der Waals surface area contributed by atoms with E-state index in [-0.39, 0.29) is 42.0 Å². The number of fused-ring (bicyclic) bond motifs is 5. The van der Waals surface area contributed by atoms with E-state index in [1.807, 2.05) is 0 Å². The largest absolute Gasteiger partial charge is 0.460 e. The number of ketones is 1. The fourth-order valence-electron chi connectivity index (χ4n) is 14.0. The van der Waals surface area contributed by atoms with Gasteiger partial charge in [0.05, 0.1) is 44.1 Å². The first-order valence-corrected chi connectivity index (χ1v) is 26.7. The molecule has 24 nitrogen and oxygen atoms in total. The van der Waals surface area contributed by atoms with Gasteiger partial charge in [-0.25, -0.2) is 4.79 Å². The zero-order valence-corrected chi connectivity index (χ0v) is 43.3. The summed E-state index contributed by atoms with van der Waals surface area (Å²) < 4.78 is 53.5. The molecule has 13 N–H and O–H groups in total. The van der Waals surface area contributed by atoms with Crippen LogP contribution in [0.1, 0.15) is 92.9 Å². The van der Waals surface area contributed by atoms with E-state index < -0.39 is 178 Å². The summed E-state index contributed by atoms with van der Waals surface area (Å²) in [5.41, 5.74) is 0.343. The van der Waals surface area contributed by atoms with Crippen molar-refractivity contribution in [1.82, 2.24) is 0 Å². The van der Waals surface area contributed by atoms with Gasteiger partial charge in [0.15, 0.2) is 31.3 Å². The summed E-state index contributed by atoms with van der Waals surface area (Å²) >= 11 is 0. The molecule has 0 bridgehead atoms. The molecule has 8 rings (SSSR count). The molecule has 0 spiro atoms. The van der Waals surface area contributed by atoms with Crippen LogP contribution in [-0.4, -0.2) is 239 Å². The fraction of sp³-hybridized carbons (Fsp3) is 0.922. The summed E-state index contributed by atoms with van der Waals surface area (Å²) in [4.78, 5) is 27.1. The van der Waals surface area contributed by atoms with Crippen LogP contribution in [0.25, 0.3) is 0 Å². The Hall–Kier alpha value is -1.96. The lowest BCUT2D eigenvalue weighted by molar-refractivity contribution is -0.388. The van der Waals surface area contributed by atoms with Gasteiger partial charge in [-0.3, -0.25) is 4.79 Å². The van der Waals surface area contributed by atoms with Gasteiger partial charge < -0.3 is 109 Å². The van der Waals surface area contributed by atoms with Crippen LogP contribution in [0.5, 0.6) is 0 Å². The van der Waals surface area contributed by atoms with Crippen LogP contribution in [0.3, 0.4) is 0 Å². The molecule has 3 saturated carbocycles. The molecular weight excluding hydrogens is 997 g/mol. The molecule has 4 saturated heterocycles. The summed E-state index contributed by atoms with van der Waals surface area (Å²) in [7, 11) is 0. The van der Waals surface area contributed by atoms with Crippen molar-refractivity contribution in [3.8, 4) is 0 Å². The van der Waals surface area contributed by atoms with Crippen molar-refractivity contribution in [3.05, 3.63) is 11.6 Å². The quantitative estimate of drug-likeness (QED) is 0.0534. The molecule has 4 aliphatic carbocycles. The minimum atomic E-state index is -1.79. The second-order valence-electron chi connectivity index (χ2n) is 23.3. The Balaban J connectivity index is 0.932. The average Bonchev–Trinajstić information content (AvgIpc) is 3.68. The first-order chi connectivity index (χ1) is 35.3. The Morgan fingerprint density at radius 2 is 1.25 bits per heavy atom. The molecule has 430 valence electrons. The molecule has 0 radical (unpaired) electrons. The maximum atomic E-state index is 13.6. The van der Waals surface area contributed by atoms with Crippen LogP contribution in [-0.2, 0) is 52.2 Å². The summed E-state index contributed by atoms with van der Waals surface area (Å²) in [5, 5.41) is 137. The highest BCUT2D eigenvalue weighted by Gasteiger charge is 2.64. The normalized spacial score (nSPS) is 50.9. The van der Waals surface area contributed by atoms with Crippen molar-refractivity contribution in [3.63, 3.8) is 0 Å². The van der Waals surface area contributed by atoms with Crippen LogP contribution < -0.4 is 0 Å². The number of allylic oxidation sites excluding steroid dienone is 1. The van der Waals surface area contributed by atoms with E-state index in [1.54, 1.807) is 6.92 Å². The number of aliphatic hydroxyl groups excluding tert-OH is 13. The number of rotatable bonds is 16. The monoisotopic (exact) mass is 1080 g/mol. The smallest absolute Gasteiger partial charge is 0.335 e. The van der Waals surface area contributed by atoms with E-state index in [4.69, 9.17) is 42.6 Å². The fourth-order valence-corrected chi connectivity index (χ4v) is 14.0. The lowest BCUT2D eigenvalue weighted by Gasteiger charge is -2.58. The molecule has 0 unspecified atom stereocenters. The first-order valence-electron chi connectivity index (χ1n) is 26.7. The van der Waals surface area contributed by atoms with E-state index in [0.717, 1.165) is 12.0 Å². The van der Waals surface area contributed by atoms with Crippen molar-refractivity contribution in [2.45, 2.75) is 234 Å². The zero-order chi connectivity index (χ0) is 54.7. The number of carbonyl (C=O) groups is 2. The van der Waals surface area contributed by atoms with E-state index in [1.165, 1.54) is 20.8 Å². The van der Waals surface area contributed by atoms with Gasteiger partial charge in [-0.15, -0.1) is 0 Å². The Morgan fingerprint density at radius 3 is 1.85 bits per heavy atom. The highest BCUT2D eigenvalue weighted by Crippen LogP contribution is 2.67. The Bertz CT molecular complexity index is 1980. The molecule has 8 aliphatic rings. The van der Waals surface area contributed by atoms with Gasteiger partial charge in [0.25, 0.3) is 0 Å². The van der Waals surface area contributed by atoms with Crippen LogP contribution in [0.15, 0.2) is 11.6 Å². The number of hydrogen-bond donors (Lipinski definition) is 13. The molecule has 75 heavy (non-hydrogen) atoms. The number of Topliss-reactive ketones (excluding diaryl/α,β-unsaturated/α-hetero) is 1. The van der Waals surface area contributed by atoms with Gasteiger partial charge in [0, 0.05) is 0 Å². The summed E-state index contributed by atoms with van der Waals surface area (Å²) in [6.45, 7) is 8.96. The second kappa shape index (κ2) is 23.6. The number of esters is 1. The van der Waals surface area contributed by atoms with Gasteiger partial charge in [-0.1, -0.05) is 32.4 Å². The molecule has 4 aliphatic heterocycles. The average molecular weight is 1080 g/mol. The maximum Gasteiger partial charge on any atom is 0.335 e. The van der Waals surface area contributed by atoms with E-state index in [2.05, 4.69) is 19.9 Å². The molecule has 0 aromatic heterocycles. The molecule has 24 heteroatoms. The number of carbonyl (C=O) groups excluding carboxylic acids is 2. The first kappa shape index (κ1) is 59.2. The minimum Gasteiger partial charge on any atom is -0.460 e. The van der Waals surface area contributed by atoms with Crippen LogP contribution in [0.2, 0.25) is 0 Å². The molecular formula is C51H82O24. The highest BCUT2D eigenvalue weighted by atomic mass is 16.8. The molecule has 0 aromatic carbocycles. The third-order valence-corrected chi connectivity index (χ3v) is 18.4. The standard InChI is InChI=1S/C51H82O24/c1-19(18-67-46-39(62)38(61)35(58)30(16-52)72-46)13-28(55)45(66)71-29-15-27-25-8-7-23-14-24(9-11-50(23,5)26(25)10-12-51(27,6)32(29)20(2)54)70-49-44(75-48-41(64)37(60)34(57)22(4)69-48)42(65)43(31(17-53)73-49)74-47-40(63)36(59)33(56)21(3)68-47/h7,19,21-22,24-44,46-49,52-53,55-65H,8-18H2,1-6H3/t19-,21+,22+,24+,25-,26+,27+,28+,29+,30-,31-,32+,33+,34+,35-,36-,37-,38+,39-,40-,41-,42+,43-,44-,46-,47+,48+,49-,50+,51-/m1/s1. The van der Waals surface area contributed by atoms with Crippen molar-refractivity contribution >= 4 is 11.8 Å². The van der Waals surface area contributed by atoms with Crippen LogP contribution in [0, 0.1) is 40.4 Å². The SMILES string of the molecule is CC(=O)[C@H]1[C@@H](OC(=O)[C@@H](O)C[C@@H](C)CO[C@@H]2O[C@H](CO)[C@@H](O)[C@H](O)[C@H]2O)C[C@H]2[C@@H]3CC=C4C[C@@H](O[C@@H]5O[C@H](CO)[C@@H](O[C@@H]6O[C@@H](C)[C@H](O)[C@@H](O)[C@H]6O)[C@H](O)[C@H]5O[C@@H]5O[C@@H](C)[C@H](O)[C@@H](O)[C@H]5O)CC[C@]4(C)[C@H]3CC[C@]21C. The third kappa shape index (κ3) is 11.4. The lowest BCUT2D eigenvalue weighted by atomic mass is 9.47. The highest BCUT2D eigenvalue weighted by molar-refractivity contribution is 5.81. The summed E-state index contributed by atoms with van der Waals surface area (Å²) in [5.74, 6) is -1.77. The van der Waals surface area contributed by atoms with Gasteiger partial charge >= 0.3 is 5.97 Å². The molecule has 30 atom stereocenters. The molecule has 0 amide bonds. The van der Waals surface area contributed by atoms with E-state index in [9.17, 15) is 76.0 Å². The lowest BCUT2D eigenvalue weighted by Crippen LogP contribution is -2.66. The van der Waals surface area contributed by atoms with Gasteiger partial charge in [0.2, 0.25) is 0 Å². The van der Waals surface area contributed by atoms with Gasteiger partial charge in [0.1, 0.15) is 97.3 Å². The number of ether oxygens (including phenoxy) is 9. The van der Waals surface area contributed by atoms with Crippen molar-refractivity contribution in [2.75, 3.05) is 19.8 Å². The molecule has 7 fully saturated rings. The predicted molar refractivity (Wildman–Crippen MR) is 252 cm³/mol. The number of hydrogen-bond acceptors (Lipinski definition) is 24. The Labute approximate surface area is 435 Å².